The number of nitrogens with one attached hydrogen (secondary N) is 2. The first-order valence-electron chi connectivity index (χ1n) is 7.66. The Labute approximate surface area is 158 Å². The Morgan fingerprint density at radius 3 is 2.72 bits per heavy atom. The molecule has 0 saturated heterocycles. The van der Waals surface area contributed by atoms with Gasteiger partial charge in [-0.1, -0.05) is 15.9 Å². The van der Waals surface area contributed by atoms with Crippen LogP contribution in [-0.4, -0.2) is 37.0 Å². The zero-order chi connectivity index (χ0) is 18.0. The number of aromatic nitrogens is 5. The first-order chi connectivity index (χ1) is 12.0. The maximum absolute atomic E-state index is 12.4. The highest BCUT2D eigenvalue weighted by Crippen LogP contribution is 2.17. The van der Waals surface area contributed by atoms with E-state index in [0.717, 1.165) is 21.7 Å². The number of nitrogens with zero attached hydrogens (tertiary/aromatic N) is 4. The maximum Gasteiger partial charge on any atom is 0.254 e. The lowest BCUT2D eigenvalue weighted by atomic mass is 10.2. The normalized spacial score (nSPS) is 10.8. The van der Waals surface area contributed by atoms with Crippen LogP contribution >= 0.6 is 28.1 Å². The van der Waals surface area contributed by atoms with Crippen molar-refractivity contribution in [2.45, 2.75) is 13.3 Å². The van der Waals surface area contributed by atoms with Crippen molar-refractivity contribution in [1.82, 2.24) is 29.9 Å². The third-order valence-corrected chi connectivity index (χ3v) is 4.83. The molecular formula is C16H17BrN6OS. The van der Waals surface area contributed by atoms with Gasteiger partial charge in [-0.15, -0.1) is 0 Å². The van der Waals surface area contributed by atoms with E-state index in [2.05, 4.69) is 36.5 Å². The van der Waals surface area contributed by atoms with Crippen LogP contribution in [0.2, 0.25) is 0 Å². The van der Waals surface area contributed by atoms with Crippen molar-refractivity contribution in [2.75, 3.05) is 6.54 Å². The molecule has 0 spiro atoms. The van der Waals surface area contributed by atoms with E-state index in [1.165, 1.54) is 0 Å². The number of hydrogen-bond acceptors (Lipinski definition) is 4. The van der Waals surface area contributed by atoms with Crippen LogP contribution in [0.15, 0.2) is 34.9 Å². The summed E-state index contributed by atoms with van der Waals surface area (Å²) in [6, 6.07) is 7.76. The van der Waals surface area contributed by atoms with Gasteiger partial charge in [0.05, 0.1) is 23.1 Å². The molecule has 0 aliphatic heterocycles. The molecule has 3 aromatic rings. The predicted molar refractivity (Wildman–Crippen MR) is 100 cm³/mol. The highest BCUT2D eigenvalue weighted by atomic mass is 79.9. The van der Waals surface area contributed by atoms with Crippen LogP contribution < -0.4 is 5.32 Å². The number of H-pyrrole nitrogens is 1. The fraction of sp³-hybridized carbons (Fsp3) is 0.250. The minimum atomic E-state index is -0.155. The summed E-state index contributed by atoms with van der Waals surface area (Å²) in [6.45, 7) is 2.34. The Balaban J connectivity index is 1.67. The van der Waals surface area contributed by atoms with Gasteiger partial charge in [0.15, 0.2) is 4.77 Å². The Morgan fingerprint density at radius 2 is 2.08 bits per heavy atom. The largest absolute Gasteiger partial charge is 0.351 e. The second-order valence-electron chi connectivity index (χ2n) is 5.54. The summed E-state index contributed by atoms with van der Waals surface area (Å²) in [5.74, 6) is 0.644. The number of carbonyl (C=O) groups is 1. The lowest BCUT2D eigenvalue weighted by Gasteiger charge is -2.07. The smallest absolute Gasteiger partial charge is 0.254 e. The zero-order valence-electron chi connectivity index (χ0n) is 13.8. The molecule has 2 heterocycles. The van der Waals surface area contributed by atoms with Crippen LogP contribution in [-0.2, 0) is 13.5 Å². The summed E-state index contributed by atoms with van der Waals surface area (Å²) in [5.41, 5.74) is 2.25. The van der Waals surface area contributed by atoms with E-state index in [0.29, 0.717) is 23.3 Å². The van der Waals surface area contributed by atoms with Gasteiger partial charge in [-0.2, -0.15) is 10.2 Å². The number of carbonyl (C=O) groups excluding carboxylic acids is 1. The van der Waals surface area contributed by atoms with Gasteiger partial charge < -0.3 is 9.88 Å². The number of amides is 1. The van der Waals surface area contributed by atoms with Gasteiger partial charge in [0, 0.05) is 24.5 Å². The number of hydrogen-bond donors (Lipinski definition) is 2. The van der Waals surface area contributed by atoms with Gasteiger partial charge in [-0.3, -0.25) is 9.89 Å². The van der Waals surface area contributed by atoms with Crippen molar-refractivity contribution >= 4 is 34.1 Å². The lowest BCUT2D eigenvalue weighted by molar-refractivity contribution is 0.0953. The molecule has 25 heavy (non-hydrogen) atoms. The number of benzene rings is 1. The van der Waals surface area contributed by atoms with Crippen molar-refractivity contribution in [1.29, 1.82) is 0 Å². The molecule has 0 unspecified atom stereocenters. The molecule has 1 aromatic carbocycles. The SMILES string of the molecule is Cc1c(C(=O)NCCc2n[nH]c(=S)n2C)cnn1-c1ccc(Br)cc1. The standard InChI is InChI=1S/C16H17BrN6OS/c1-10-13(9-19-23(10)12-5-3-11(17)4-6-12)15(24)18-8-7-14-20-21-16(25)22(14)2/h3-6,9H,7-8H2,1-2H3,(H,18,24)(H,21,25). The minimum absolute atomic E-state index is 0.155. The van der Waals surface area contributed by atoms with E-state index in [1.807, 2.05) is 38.2 Å². The van der Waals surface area contributed by atoms with E-state index < -0.39 is 0 Å². The third-order valence-electron chi connectivity index (χ3n) is 3.93. The number of aromatic amines is 1. The Hall–Kier alpha value is -2.26. The third kappa shape index (κ3) is 3.72. The van der Waals surface area contributed by atoms with Crippen molar-refractivity contribution < 1.29 is 4.79 Å². The average Bonchev–Trinajstić information content (AvgIpc) is 3.13. The topological polar surface area (TPSA) is 80.5 Å². The first-order valence-corrected chi connectivity index (χ1v) is 8.86. The minimum Gasteiger partial charge on any atom is -0.351 e. The summed E-state index contributed by atoms with van der Waals surface area (Å²) in [4.78, 5) is 12.4. The quantitative estimate of drug-likeness (QED) is 0.621. The fourth-order valence-electron chi connectivity index (χ4n) is 2.46. The van der Waals surface area contributed by atoms with E-state index in [-0.39, 0.29) is 5.91 Å². The summed E-state index contributed by atoms with van der Waals surface area (Å²) >= 11 is 8.48. The van der Waals surface area contributed by atoms with Crippen LogP contribution in [0.5, 0.6) is 0 Å². The fourth-order valence-corrected chi connectivity index (χ4v) is 2.88. The number of rotatable bonds is 5. The molecule has 0 saturated carbocycles. The van der Waals surface area contributed by atoms with Crippen LogP contribution in [0.4, 0.5) is 0 Å². The molecule has 3 rings (SSSR count). The molecule has 2 N–H and O–H groups in total. The molecule has 130 valence electrons. The summed E-state index contributed by atoms with van der Waals surface area (Å²) in [6.07, 6.45) is 2.18. The molecule has 0 bridgehead atoms. The molecule has 1 amide bonds. The molecule has 0 aliphatic carbocycles. The Morgan fingerprint density at radius 1 is 1.36 bits per heavy atom. The zero-order valence-corrected chi connectivity index (χ0v) is 16.2. The van der Waals surface area contributed by atoms with Crippen LogP contribution in [0.3, 0.4) is 0 Å². The monoisotopic (exact) mass is 420 g/mol. The Kier molecular flexibility index (Phi) is 5.14. The van der Waals surface area contributed by atoms with Gasteiger partial charge in [0.1, 0.15) is 5.82 Å². The summed E-state index contributed by atoms with van der Waals surface area (Å²) < 4.78 is 5.09. The molecule has 0 fully saturated rings. The molecule has 0 radical (unpaired) electrons. The molecule has 0 atom stereocenters. The second-order valence-corrected chi connectivity index (χ2v) is 6.84. The Bertz CT molecular complexity index is 956. The van der Waals surface area contributed by atoms with E-state index in [9.17, 15) is 4.79 Å². The van der Waals surface area contributed by atoms with Gasteiger partial charge in [-0.05, 0) is 43.4 Å². The van der Waals surface area contributed by atoms with E-state index in [4.69, 9.17) is 12.2 Å². The second kappa shape index (κ2) is 7.32. The highest BCUT2D eigenvalue weighted by Gasteiger charge is 2.15. The van der Waals surface area contributed by atoms with Crippen molar-refractivity contribution in [3.05, 3.63) is 56.8 Å². The molecule has 0 aliphatic rings. The van der Waals surface area contributed by atoms with Crippen LogP contribution in [0.1, 0.15) is 21.9 Å². The average molecular weight is 421 g/mol. The van der Waals surface area contributed by atoms with E-state index in [1.54, 1.807) is 15.4 Å². The summed E-state index contributed by atoms with van der Waals surface area (Å²) in [7, 11) is 1.84. The van der Waals surface area contributed by atoms with Crippen molar-refractivity contribution in [2.24, 2.45) is 7.05 Å². The van der Waals surface area contributed by atoms with Crippen molar-refractivity contribution in [3.8, 4) is 5.69 Å². The highest BCUT2D eigenvalue weighted by molar-refractivity contribution is 9.10. The number of halogens is 1. The molecule has 2 aromatic heterocycles. The van der Waals surface area contributed by atoms with Gasteiger partial charge in [0.2, 0.25) is 0 Å². The van der Waals surface area contributed by atoms with Gasteiger partial charge in [-0.25, -0.2) is 4.68 Å². The maximum atomic E-state index is 12.4. The lowest BCUT2D eigenvalue weighted by Crippen LogP contribution is -2.26. The van der Waals surface area contributed by atoms with E-state index >= 15 is 0 Å². The van der Waals surface area contributed by atoms with Gasteiger partial charge >= 0.3 is 0 Å². The first kappa shape index (κ1) is 17.6. The predicted octanol–water partition coefficient (Wildman–Crippen LogP) is 2.71. The van der Waals surface area contributed by atoms with Crippen LogP contribution in [0, 0.1) is 11.7 Å². The molecule has 7 nitrogen and oxygen atoms in total. The van der Waals surface area contributed by atoms with Crippen molar-refractivity contribution in [3.63, 3.8) is 0 Å². The molecule has 9 heteroatoms. The molecular weight excluding hydrogens is 404 g/mol. The van der Waals surface area contributed by atoms with Crippen LogP contribution in [0.25, 0.3) is 5.69 Å². The summed E-state index contributed by atoms with van der Waals surface area (Å²) in [5, 5.41) is 14.1. The van der Waals surface area contributed by atoms with Gasteiger partial charge in [0.25, 0.3) is 5.91 Å².